The van der Waals surface area contributed by atoms with Crippen molar-refractivity contribution in [1.29, 1.82) is 0 Å². The molecule has 0 heterocycles. The van der Waals surface area contributed by atoms with Gasteiger partial charge in [-0.1, -0.05) is 38.1 Å². The van der Waals surface area contributed by atoms with Crippen LogP contribution in [0.4, 0.5) is 0 Å². The van der Waals surface area contributed by atoms with Crippen LogP contribution in [-0.4, -0.2) is 26.1 Å². The Labute approximate surface area is 115 Å². The highest BCUT2D eigenvalue weighted by Gasteiger charge is 2.04. The molecule has 0 saturated carbocycles. The second-order valence-electron chi connectivity index (χ2n) is 5.00. The van der Waals surface area contributed by atoms with Crippen molar-refractivity contribution in [3.63, 3.8) is 0 Å². The van der Waals surface area contributed by atoms with Gasteiger partial charge >= 0.3 is 0 Å². The van der Waals surface area contributed by atoms with E-state index in [1.54, 1.807) is 7.11 Å². The van der Waals surface area contributed by atoms with Gasteiger partial charge in [-0.25, -0.2) is 0 Å². The van der Waals surface area contributed by atoms with Crippen molar-refractivity contribution in [1.82, 2.24) is 10.6 Å². The second kappa shape index (κ2) is 8.67. The summed E-state index contributed by atoms with van der Waals surface area (Å²) in [5.74, 6) is 0.518. The summed E-state index contributed by atoms with van der Waals surface area (Å²) in [5, 5.41) is 6.04. The van der Waals surface area contributed by atoms with E-state index in [0.717, 1.165) is 12.1 Å². The van der Waals surface area contributed by atoms with Crippen LogP contribution in [0.3, 0.4) is 0 Å². The summed E-state index contributed by atoms with van der Waals surface area (Å²) in [5.41, 5.74) is 2.32. The van der Waals surface area contributed by atoms with E-state index in [0.29, 0.717) is 25.6 Å². The number of benzene rings is 1. The number of methoxy groups -OCH3 is 1. The van der Waals surface area contributed by atoms with Crippen molar-refractivity contribution >= 4 is 5.91 Å². The lowest BCUT2D eigenvalue weighted by molar-refractivity contribution is -0.120. The molecule has 0 spiro atoms. The van der Waals surface area contributed by atoms with Crippen LogP contribution < -0.4 is 10.6 Å². The Morgan fingerprint density at radius 1 is 1.26 bits per heavy atom. The molecule has 1 aromatic rings. The highest BCUT2D eigenvalue weighted by molar-refractivity contribution is 5.77. The molecular weight excluding hydrogens is 240 g/mol. The van der Waals surface area contributed by atoms with Gasteiger partial charge in [-0.2, -0.15) is 0 Å². The lowest BCUT2D eigenvalue weighted by atomic mass is 10.1. The van der Waals surface area contributed by atoms with Crippen molar-refractivity contribution in [2.24, 2.45) is 5.92 Å². The maximum absolute atomic E-state index is 11.6. The number of carbonyl (C=O) groups is 1. The smallest absolute Gasteiger partial charge is 0.233 e. The van der Waals surface area contributed by atoms with Crippen molar-refractivity contribution in [2.45, 2.75) is 27.0 Å². The Morgan fingerprint density at radius 3 is 2.58 bits per heavy atom. The average molecular weight is 264 g/mol. The summed E-state index contributed by atoms with van der Waals surface area (Å²) in [4.78, 5) is 11.6. The van der Waals surface area contributed by atoms with Crippen LogP contribution in [0.1, 0.15) is 25.0 Å². The molecule has 0 bridgehead atoms. The zero-order valence-electron chi connectivity index (χ0n) is 12.0. The minimum Gasteiger partial charge on any atom is -0.380 e. The fourth-order valence-electron chi connectivity index (χ4n) is 1.72. The van der Waals surface area contributed by atoms with Crippen LogP contribution in [0, 0.1) is 5.92 Å². The van der Waals surface area contributed by atoms with Gasteiger partial charge in [-0.15, -0.1) is 0 Å². The SMILES string of the molecule is COCc1ccccc1CNCC(=O)NCC(C)C. The topological polar surface area (TPSA) is 50.4 Å². The Kier molecular flexibility index (Phi) is 7.15. The van der Waals surface area contributed by atoms with Gasteiger partial charge in [0.25, 0.3) is 0 Å². The third-order valence-corrected chi connectivity index (χ3v) is 2.73. The van der Waals surface area contributed by atoms with Crippen LogP contribution in [0.25, 0.3) is 0 Å². The first-order chi connectivity index (χ1) is 9.13. The van der Waals surface area contributed by atoms with Gasteiger partial charge in [-0.05, 0) is 17.0 Å². The number of rotatable bonds is 8. The highest BCUT2D eigenvalue weighted by atomic mass is 16.5. The van der Waals surface area contributed by atoms with Crippen LogP contribution >= 0.6 is 0 Å². The van der Waals surface area contributed by atoms with Crippen LogP contribution in [-0.2, 0) is 22.7 Å². The third kappa shape index (κ3) is 6.36. The summed E-state index contributed by atoms with van der Waals surface area (Å²) in [6.07, 6.45) is 0. The van der Waals surface area contributed by atoms with Gasteiger partial charge in [0.15, 0.2) is 0 Å². The molecule has 0 aromatic heterocycles. The summed E-state index contributed by atoms with van der Waals surface area (Å²) >= 11 is 0. The largest absolute Gasteiger partial charge is 0.380 e. The average Bonchev–Trinajstić information content (AvgIpc) is 2.39. The lowest BCUT2D eigenvalue weighted by Gasteiger charge is -2.11. The zero-order valence-corrected chi connectivity index (χ0v) is 12.0. The fraction of sp³-hybridized carbons (Fsp3) is 0.533. The predicted molar refractivity (Wildman–Crippen MR) is 76.7 cm³/mol. The molecule has 1 aromatic carbocycles. The highest BCUT2D eigenvalue weighted by Crippen LogP contribution is 2.09. The van der Waals surface area contributed by atoms with Gasteiger partial charge in [0, 0.05) is 20.2 Å². The molecule has 0 aliphatic heterocycles. The molecule has 0 radical (unpaired) electrons. The van der Waals surface area contributed by atoms with Crippen molar-refractivity contribution in [3.05, 3.63) is 35.4 Å². The van der Waals surface area contributed by atoms with E-state index in [4.69, 9.17) is 4.74 Å². The molecular formula is C15H24N2O2. The van der Waals surface area contributed by atoms with Crippen LogP contribution in [0.2, 0.25) is 0 Å². The van der Waals surface area contributed by atoms with E-state index in [2.05, 4.69) is 24.5 Å². The Balaban J connectivity index is 2.34. The molecule has 0 unspecified atom stereocenters. The van der Waals surface area contributed by atoms with Gasteiger partial charge in [0.05, 0.1) is 13.2 Å². The van der Waals surface area contributed by atoms with E-state index >= 15 is 0 Å². The molecule has 0 atom stereocenters. The molecule has 0 fully saturated rings. The number of carbonyl (C=O) groups excluding carboxylic acids is 1. The maximum Gasteiger partial charge on any atom is 0.233 e. The standard InChI is InChI=1S/C15H24N2O2/c1-12(2)8-17-15(18)10-16-9-13-6-4-5-7-14(13)11-19-3/h4-7,12,16H,8-11H2,1-3H3,(H,17,18). The minimum absolute atomic E-state index is 0.0397. The Bertz CT molecular complexity index is 391. The first-order valence-corrected chi connectivity index (χ1v) is 6.66. The van der Waals surface area contributed by atoms with Gasteiger partial charge < -0.3 is 15.4 Å². The first kappa shape index (κ1) is 15.7. The monoisotopic (exact) mass is 264 g/mol. The third-order valence-electron chi connectivity index (χ3n) is 2.73. The maximum atomic E-state index is 11.6. The van der Waals surface area contributed by atoms with Crippen molar-refractivity contribution in [3.8, 4) is 0 Å². The number of hydrogen-bond donors (Lipinski definition) is 2. The second-order valence-corrected chi connectivity index (χ2v) is 5.00. The van der Waals surface area contributed by atoms with Crippen LogP contribution in [0.15, 0.2) is 24.3 Å². The summed E-state index contributed by atoms with van der Waals surface area (Å²) in [6.45, 7) is 6.49. The van der Waals surface area contributed by atoms with Gasteiger partial charge in [0.1, 0.15) is 0 Å². The molecule has 1 rings (SSSR count). The molecule has 0 aliphatic rings. The van der Waals surface area contributed by atoms with E-state index in [9.17, 15) is 4.79 Å². The molecule has 0 saturated heterocycles. The molecule has 106 valence electrons. The Morgan fingerprint density at radius 2 is 1.95 bits per heavy atom. The van der Waals surface area contributed by atoms with E-state index in [1.807, 2.05) is 24.3 Å². The fourth-order valence-corrected chi connectivity index (χ4v) is 1.72. The summed E-state index contributed by atoms with van der Waals surface area (Å²) < 4.78 is 5.15. The molecule has 4 heteroatoms. The zero-order chi connectivity index (χ0) is 14.1. The van der Waals surface area contributed by atoms with Gasteiger partial charge in [-0.3, -0.25) is 4.79 Å². The van der Waals surface area contributed by atoms with E-state index in [1.165, 1.54) is 5.56 Å². The lowest BCUT2D eigenvalue weighted by Crippen LogP contribution is -2.35. The predicted octanol–water partition coefficient (Wildman–Crippen LogP) is 1.69. The molecule has 2 N–H and O–H groups in total. The van der Waals surface area contributed by atoms with Gasteiger partial charge in [0.2, 0.25) is 5.91 Å². The summed E-state index contributed by atoms with van der Waals surface area (Å²) in [7, 11) is 1.68. The Hall–Kier alpha value is -1.39. The van der Waals surface area contributed by atoms with Crippen molar-refractivity contribution < 1.29 is 9.53 Å². The normalized spacial score (nSPS) is 10.7. The number of amides is 1. The number of ether oxygens (including phenoxy) is 1. The molecule has 4 nitrogen and oxygen atoms in total. The van der Waals surface area contributed by atoms with E-state index in [-0.39, 0.29) is 5.91 Å². The minimum atomic E-state index is 0.0397. The molecule has 0 aliphatic carbocycles. The van der Waals surface area contributed by atoms with Crippen LogP contribution in [0.5, 0.6) is 0 Å². The quantitative estimate of drug-likeness (QED) is 0.751. The summed E-state index contributed by atoms with van der Waals surface area (Å²) in [6, 6.07) is 8.08. The number of hydrogen-bond acceptors (Lipinski definition) is 3. The first-order valence-electron chi connectivity index (χ1n) is 6.66. The van der Waals surface area contributed by atoms with E-state index < -0.39 is 0 Å². The molecule has 1 amide bonds. The molecule has 19 heavy (non-hydrogen) atoms. The van der Waals surface area contributed by atoms with Crippen molar-refractivity contribution in [2.75, 3.05) is 20.2 Å². The number of nitrogens with one attached hydrogen (secondary N) is 2.